The number of rotatable bonds is 12. The van der Waals surface area contributed by atoms with Crippen molar-refractivity contribution in [3.63, 3.8) is 0 Å². The van der Waals surface area contributed by atoms with Crippen molar-refractivity contribution in [1.29, 1.82) is 0 Å². The number of morpholine rings is 1. The van der Waals surface area contributed by atoms with Gasteiger partial charge in [0, 0.05) is 44.2 Å². The van der Waals surface area contributed by atoms with E-state index in [2.05, 4.69) is 4.57 Å². The van der Waals surface area contributed by atoms with Gasteiger partial charge in [0.25, 0.3) is 0 Å². The second-order valence-corrected chi connectivity index (χ2v) is 11.1. The van der Waals surface area contributed by atoms with Crippen LogP contribution in [0.15, 0.2) is 46.5 Å². The SMILES string of the molecule is CCOCCCn1c(SCc2cc(OC)ccc2OC)nc2cc(S(=O)(=O)N3CCOCC3)ccc21. The number of aromatic nitrogens is 2. The molecule has 11 heteroatoms. The number of methoxy groups -OCH3 is 2. The van der Waals surface area contributed by atoms with Crippen LogP contribution in [0.5, 0.6) is 11.5 Å². The van der Waals surface area contributed by atoms with Gasteiger partial charge in [-0.15, -0.1) is 0 Å². The summed E-state index contributed by atoms with van der Waals surface area (Å²) in [6, 6.07) is 10.9. The molecule has 9 nitrogen and oxygen atoms in total. The predicted molar refractivity (Wildman–Crippen MR) is 140 cm³/mol. The van der Waals surface area contributed by atoms with Crippen LogP contribution >= 0.6 is 11.8 Å². The Hall–Kier alpha value is -2.31. The fourth-order valence-corrected chi connectivity index (χ4v) is 6.56. The van der Waals surface area contributed by atoms with E-state index < -0.39 is 10.0 Å². The van der Waals surface area contributed by atoms with Crippen molar-refractivity contribution in [2.24, 2.45) is 0 Å². The van der Waals surface area contributed by atoms with E-state index >= 15 is 0 Å². The number of fused-ring (bicyclic) bond motifs is 1. The van der Waals surface area contributed by atoms with Crippen molar-refractivity contribution in [3.8, 4) is 11.5 Å². The molecule has 196 valence electrons. The van der Waals surface area contributed by atoms with Gasteiger partial charge in [-0.3, -0.25) is 0 Å². The predicted octanol–water partition coefficient (Wildman–Crippen LogP) is 3.79. The van der Waals surface area contributed by atoms with Gasteiger partial charge in [-0.25, -0.2) is 13.4 Å². The van der Waals surface area contributed by atoms with Crippen LogP contribution in [0.4, 0.5) is 0 Å². The van der Waals surface area contributed by atoms with Crippen LogP contribution in [-0.4, -0.2) is 76.0 Å². The van der Waals surface area contributed by atoms with Crippen molar-refractivity contribution in [1.82, 2.24) is 13.9 Å². The van der Waals surface area contributed by atoms with Crippen molar-refractivity contribution < 1.29 is 27.4 Å². The number of imidazole rings is 1. The summed E-state index contributed by atoms with van der Waals surface area (Å²) in [5.74, 6) is 2.16. The Kier molecular flexibility index (Phi) is 9.13. The third-order valence-electron chi connectivity index (χ3n) is 6.01. The molecule has 4 rings (SSSR count). The molecule has 0 N–H and O–H groups in total. The Bertz CT molecular complexity index is 1270. The Morgan fingerprint density at radius 2 is 1.89 bits per heavy atom. The minimum Gasteiger partial charge on any atom is -0.497 e. The number of hydrogen-bond donors (Lipinski definition) is 0. The minimum atomic E-state index is -3.61. The largest absolute Gasteiger partial charge is 0.497 e. The second-order valence-electron chi connectivity index (χ2n) is 8.23. The Labute approximate surface area is 216 Å². The van der Waals surface area contributed by atoms with Gasteiger partial charge >= 0.3 is 0 Å². The zero-order valence-electron chi connectivity index (χ0n) is 20.9. The molecular formula is C25H33N3O6S2. The van der Waals surface area contributed by atoms with Crippen LogP contribution in [0, 0.1) is 0 Å². The maximum Gasteiger partial charge on any atom is 0.243 e. The topological polar surface area (TPSA) is 92.1 Å². The van der Waals surface area contributed by atoms with E-state index in [1.54, 1.807) is 38.1 Å². The molecular weight excluding hydrogens is 502 g/mol. The summed E-state index contributed by atoms with van der Waals surface area (Å²) in [5, 5.41) is 0.812. The molecule has 0 bridgehead atoms. The zero-order chi connectivity index (χ0) is 25.5. The molecule has 0 aliphatic carbocycles. The lowest BCUT2D eigenvalue weighted by Crippen LogP contribution is -2.40. The van der Waals surface area contributed by atoms with Gasteiger partial charge in [0.2, 0.25) is 10.0 Å². The molecule has 1 saturated heterocycles. The molecule has 0 radical (unpaired) electrons. The highest BCUT2D eigenvalue weighted by molar-refractivity contribution is 7.98. The number of ether oxygens (including phenoxy) is 4. The quantitative estimate of drug-likeness (QED) is 0.256. The summed E-state index contributed by atoms with van der Waals surface area (Å²) < 4.78 is 51.8. The van der Waals surface area contributed by atoms with E-state index in [1.807, 2.05) is 31.2 Å². The van der Waals surface area contributed by atoms with E-state index in [9.17, 15) is 8.42 Å². The van der Waals surface area contributed by atoms with E-state index in [0.29, 0.717) is 57.3 Å². The highest BCUT2D eigenvalue weighted by Gasteiger charge is 2.27. The molecule has 0 spiro atoms. The Balaban J connectivity index is 1.65. The smallest absolute Gasteiger partial charge is 0.243 e. The normalized spacial score (nSPS) is 14.9. The fraction of sp³-hybridized carbons (Fsp3) is 0.480. The van der Waals surface area contributed by atoms with Crippen LogP contribution in [0.1, 0.15) is 18.9 Å². The van der Waals surface area contributed by atoms with Gasteiger partial charge in [-0.05, 0) is 49.7 Å². The number of aryl methyl sites for hydroxylation is 1. The number of sulfonamides is 1. The monoisotopic (exact) mass is 535 g/mol. The Morgan fingerprint density at radius 1 is 1.08 bits per heavy atom. The molecule has 0 atom stereocenters. The third-order valence-corrected chi connectivity index (χ3v) is 8.93. The van der Waals surface area contributed by atoms with Crippen molar-refractivity contribution in [3.05, 3.63) is 42.0 Å². The summed E-state index contributed by atoms with van der Waals surface area (Å²) >= 11 is 1.58. The van der Waals surface area contributed by atoms with E-state index in [0.717, 1.165) is 34.2 Å². The summed E-state index contributed by atoms with van der Waals surface area (Å²) in [7, 11) is -0.320. The molecule has 1 aliphatic heterocycles. The summed E-state index contributed by atoms with van der Waals surface area (Å²) in [4.78, 5) is 5.10. The molecule has 0 amide bonds. The number of benzene rings is 2. The summed E-state index contributed by atoms with van der Waals surface area (Å²) in [5.41, 5.74) is 2.54. The summed E-state index contributed by atoms with van der Waals surface area (Å²) in [6.45, 7) is 5.54. The molecule has 2 heterocycles. The van der Waals surface area contributed by atoms with Gasteiger partial charge < -0.3 is 23.5 Å². The molecule has 0 unspecified atom stereocenters. The van der Waals surface area contributed by atoms with Crippen LogP contribution in [-0.2, 0) is 31.8 Å². The molecule has 2 aromatic carbocycles. The molecule has 3 aromatic rings. The summed E-state index contributed by atoms with van der Waals surface area (Å²) in [6.07, 6.45) is 0.823. The van der Waals surface area contributed by atoms with E-state index in [1.165, 1.54) is 4.31 Å². The molecule has 36 heavy (non-hydrogen) atoms. The third kappa shape index (κ3) is 5.97. The van der Waals surface area contributed by atoms with Crippen molar-refractivity contribution in [2.45, 2.75) is 35.7 Å². The lowest BCUT2D eigenvalue weighted by Gasteiger charge is -2.26. The standard InChI is InChI=1S/C25H33N3O6S2/c1-4-33-13-5-10-28-23-8-7-21(36(29,30)27-11-14-34-15-12-27)17-22(23)26-25(28)35-18-19-16-20(31-2)6-9-24(19)32-3/h6-9,16-17H,4-5,10-15,18H2,1-3H3. The molecule has 1 aromatic heterocycles. The molecule has 1 fully saturated rings. The minimum absolute atomic E-state index is 0.252. The van der Waals surface area contributed by atoms with Gasteiger partial charge in [0.1, 0.15) is 11.5 Å². The lowest BCUT2D eigenvalue weighted by molar-refractivity contribution is 0.0730. The first kappa shape index (κ1) is 26.7. The molecule has 1 aliphatic rings. The first-order valence-electron chi connectivity index (χ1n) is 12.0. The van der Waals surface area contributed by atoms with Crippen LogP contribution < -0.4 is 9.47 Å². The lowest BCUT2D eigenvalue weighted by atomic mass is 10.2. The second kappa shape index (κ2) is 12.3. The first-order valence-corrected chi connectivity index (χ1v) is 14.4. The van der Waals surface area contributed by atoms with E-state index in [-0.39, 0.29) is 4.90 Å². The number of hydrogen-bond acceptors (Lipinski definition) is 8. The van der Waals surface area contributed by atoms with Gasteiger partial charge in [-0.1, -0.05) is 11.8 Å². The van der Waals surface area contributed by atoms with Crippen LogP contribution in [0.3, 0.4) is 0 Å². The highest BCUT2D eigenvalue weighted by atomic mass is 32.2. The average molecular weight is 536 g/mol. The number of nitrogens with zero attached hydrogens (tertiary/aromatic N) is 3. The van der Waals surface area contributed by atoms with Gasteiger partial charge in [0.15, 0.2) is 5.16 Å². The van der Waals surface area contributed by atoms with Gasteiger partial charge in [-0.2, -0.15) is 4.31 Å². The average Bonchev–Trinajstić information content (AvgIpc) is 3.26. The zero-order valence-corrected chi connectivity index (χ0v) is 22.6. The van der Waals surface area contributed by atoms with E-state index in [4.69, 9.17) is 23.9 Å². The van der Waals surface area contributed by atoms with Crippen molar-refractivity contribution >= 4 is 32.8 Å². The highest BCUT2D eigenvalue weighted by Crippen LogP contribution is 2.33. The van der Waals surface area contributed by atoms with Crippen LogP contribution in [0.2, 0.25) is 0 Å². The Morgan fingerprint density at radius 3 is 2.61 bits per heavy atom. The maximum atomic E-state index is 13.2. The number of thioether (sulfide) groups is 1. The van der Waals surface area contributed by atoms with Crippen molar-refractivity contribution in [2.75, 3.05) is 53.7 Å². The molecule has 0 saturated carbocycles. The van der Waals surface area contributed by atoms with Crippen LogP contribution in [0.25, 0.3) is 11.0 Å². The van der Waals surface area contributed by atoms with Gasteiger partial charge in [0.05, 0.1) is 43.4 Å². The maximum absolute atomic E-state index is 13.2. The first-order chi connectivity index (χ1) is 17.5. The fourth-order valence-electron chi connectivity index (χ4n) is 4.12.